The summed E-state index contributed by atoms with van der Waals surface area (Å²) in [6.45, 7) is 0.664. The van der Waals surface area contributed by atoms with Gasteiger partial charge in [0, 0.05) is 0 Å². The van der Waals surface area contributed by atoms with Crippen LogP contribution >= 0.6 is 0 Å². The van der Waals surface area contributed by atoms with E-state index in [4.69, 9.17) is 4.74 Å². The van der Waals surface area contributed by atoms with Crippen LogP contribution < -0.4 is 4.74 Å². The first kappa shape index (κ1) is 10.3. The van der Waals surface area contributed by atoms with E-state index in [2.05, 4.69) is 64.1 Å². The molecule has 1 aliphatic heterocycles. The molecular weight excluding hydrogens is 287 g/mol. The summed E-state index contributed by atoms with van der Waals surface area (Å²) < 4.78 is 6.90. The summed E-state index contributed by atoms with van der Waals surface area (Å²) in [6.07, 6.45) is 0. The van der Waals surface area contributed by atoms with Gasteiger partial charge in [-0.15, -0.1) is 0 Å². The number of hydrogen-bond acceptors (Lipinski definition) is 1. The van der Waals surface area contributed by atoms with Crippen molar-refractivity contribution in [2.24, 2.45) is 0 Å². The van der Waals surface area contributed by atoms with Crippen molar-refractivity contribution in [1.29, 1.82) is 0 Å². The van der Waals surface area contributed by atoms with Gasteiger partial charge in [-0.3, -0.25) is 0 Å². The van der Waals surface area contributed by atoms with Crippen molar-refractivity contribution in [2.75, 3.05) is 6.61 Å². The zero-order chi connectivity index (χ0) is 12.1. The van der Waals surface area contributed by atoms with E-state index in [0.29, 0.717) is 6.61 Å². The first-order valence-electron chi connectivity index (χ1n) is 5.95. The van der Waals surface area contributed by atoms with Gasteiger partial charge in [-0.1, -0.05) is 0 Å². The molecule has 3 aromatic carbocycles. The summed E-state index contributed by atoms with van der Waals surface area (Å²) in [5.74, 6) is 0.993. The molecule has 4 rings (SSSR count). The molecule has 0 saturated heterocycles. The molecule has 0 saturated carbocycles. The van der Waals surface area contributed by atoms with Crippen LogP contribution in [0.2, 0.25) is 0 Å². The van der Waals surface area contributed by atoms with Crippen LogP contribution in [0.25, 0.3) is 21.5 Å². The van der Waals surface area contributed by atoms with Gasteiger partial charge in [0.25, 0.3) is 0 Å². The predicted octanol–water partition coefficient (Wildman–Crippen LogP) is 3.07. The number of fused-ring (bicyclic) bond motifs is 5. The molecule has 0 atom stereocenters. The molecule has 0 bridgehead atoms. The van der Waals surface area contributed by atoms with E-state index in [1.54, 1.807) is 0 Å². The van der Waals surface area contributed by atoms with E-state index < -0.39 is 0 Å². The Morgan fingerprint density at radius 2 is 1.67 bits per heavy atom. The summed E-state index contributed by atoms with van der Waals surface area (Å²) in [5, 5.41) is 5.14. The standard InChI is InChI=1S/C16H10OSe/c18-14-9-17-13-8-7-11-6-5-10-3-1-2-4-12(10)15(11)16(13)14/h1-8H,9H2. The molecule has 1 nitrogen and oxygen atoms in total. The molecule has 1 aliphatic rings. The maximum absolute atomic E-state index is 5.70. The molecule has 0 fully saturated rings. The summed E-state index contributed by atoms with van der Waals surface area (Å²) in [5.41, 5.74) is 1.24. The van der Waals surface area contributed by atoms with E-state index in [1.807, 2.05) is 0 Å². The topological polar surface area (TPSA) is 9.23 Å². The van der Waals surface area contributed by atoms with Gasteiger partial charge in [0.05, 0.1) is 0 Å². The Morgan fingerprint density at radius 1 is 0.889 bits per heavy atom. The molecule has 0 aliphatic carbocycles. The maximum atomic E-state index is 5.70. The van der Waals surface area contributed by atoms with Gasteiger partial charge < -0.3 is 0 Å². The minimum absolute atomic E-state index is 0.664. The van der Waals surface area contributed by atoms with Crippen LogP contribution in [0.15, 0.2) is 48.5 Å². The van der Waals surface area contributed by atoms with Crippen molar-refractivity contribution in [3.8, 4) is 5.75 Å². The van der Waals surface area contributed by atoms with E-state index in [1.165, 1.54) is 31.5 Å². The van der Waals surface area contributed by atoms with Crippen molar-refractivity contribution < 1.29 is 4.74 Å². The zero-order valence-corrected chi connectivity index (χ0v) is 11.4. The van der Waals surface area contributed by atoms with Crippen LogP contribution in [0.1, 0.15) is 5.56 Å². The van der Waals surface area contributed by atoms with Crippen LogP contribution in [-0.2, 0) is 0 Å². The van der Waals surface area contributed by atoms with Gasteiger partial charge in [0.15, 0.2) is 0 Å². The molecule has 0 amide bonds. The van der Waals surface area contributed by atoms with Gasteiger partial charge in [0.1, 0.15) is 0 Å². The molecule has 0 N–H and O–H groups in total. The van der Waals surface area contributed by atoms with E-state index >= 15 is 0 Å². The summed E-state index contributed by atoms with van der Waals surface area (Å²) in [4.78, 5) is 0. The fourth-order valence-electron chi connectivity index (χ4n) is 2.69. The van der Waals surface area contributed by atoms with Crippen LogP contribution in [0.3, 0.4) is 0 Å². The summed E-state index contributed by atoms with van der Waals surface area (Å²) >= 11 is 3.14. The molecule has 0 aromatic heterocycles. The molecule has 0 spiro atoms. The Bertz CT molecular complexity index is 805. The molecule has 3 aromatic rings. The van der Waals surface area contributed by atoms with Crippen molar-refractivity contribution in [3.05, 3.63) is 54.1 Å². The monoisotopic (exact) mass is 298 g/mol. The SMILES string of the molecule is [Se]=C1COc2ccc3ccc4ccccc4c3c21. The third-order valence-corrected chi connectivity index (χ3v) is 4.19. The first-order valence-corrected chi connectivity index (χ1v) is 6.81. The van der Waals surface area contributed by atoms with E-state index in [9.17, 15) is 0 Å². The molecule has 86 valence electrons. The second-order valence-electron chi connectivity index (χ2n) is 4.54. The minimum atomic E-state index is 0.664. The third-order valence-electron chi connectivity index (χ3n) is 3.51. The second kappa shape index (κ2) is 3.68. The van der Waals surface area contributed by atoms with Crippen LogP contribution in [0.4, 0.5) is 0 Å². The summed E-state index contributed by atoms with van der Waals surface area (Å²) in [7, 11) is 0. The first-order chi connectivity index (χ1) is 8.84. The van der Waals surface area contributed by atoms with Crippen molar-refractivity contribution in [1.82, 2.24) is 0 Å². The van der Waals surface area contributed by atoms with Gasteiger partial charge >= 0.3 is 113 Å². The van der Waals surface area contributed by atoms with Crippen LogP contribution in [0.5, 0.6) is 5.75 Å². The van der Waals surface area contributed by atoms with Gasteiger partial charge in [-0.25, -0.2) is 0 Å². The number of benzene rings is 3. The Labute approximate surface area is 113 Å². The average Bonchev–Trinajstić information content (AvgIpc) is 2.80. The van der Waals surface area contributed by atoms with Crippen molar-refractivity contribution in [3.63, 3.8) is 0 Å². The third kappa shape index (κ3) is 1.30. The Morgan fingerprint density at radius 3 is 2.61 bits per heavy atom. The van der Waals surface area contributed by atoms with Crippen LogP contribution in [0, 0.1) is 0 Å². The Balaban J connectivity index is 2.30. The fraction of sp³-hybridized carbons (Fsp3) is 0.0625. The molecule has 1 heterocycles. The quantitative estimate of drug-likeness (QED) is 0.458. The Kier molecular flexibility index (Phi) is 2.11. The van der Waals surface area contributed by atoms with Crippen molar-refractivity contribution in [2.45, 2.75) is 0 Å². The number of hydrogen-bond donors (Lipinski definition) is 0. The zero-order valence-electron chi connectivity index (χ0n) is 9.64. The molecule has 18 heavy (non-hydrogen) atoms. The van der Waals surface area contributed by atoms with Gasteiger partial charge in [-0.2, -0.15) is 0 Å². The normalized spacial score (nSPS) is 13.9. The molecule has 2 heteroatoms. The van der Waals surface area contributed by atoms with E-state index in [0.717, 1.165) is 5.75 Å². The number of rotatable bonds is 0. The van der Waals surface area contributed by atoms with Crippen molar-refractivity contribution >= 4 is 41.5 Å². The van der Waals surface area contributed by atoms with E-state index in [-0.39, 0.29) is 0 Å². The van der Waals surface area contributed by atoms with Gasteiger partial charge in [0.2, 0.25) is 0 Å². The predicted molar refractivity (Wildman–Crippen MR) is 76.8 cm³/mol. The fourth-order valence-corrected chi connectivity index (χ4v) is 3.24. The molecular formula is C16H10OSe. The second-order valence-corrected chi connectivity index (χ2v) is 5.57. The molecule has 0 radical (unpaired) electrons. The summed E-state index contributed by atoms with van der Waals surface area (Å²) in [6, 6.07) is 17.1. The van der Waals surface area contributed by atoms with Gasteiger partial charge in [-0.05, 0) is 0 Å². The molecule has 0 unspecified atom stereocenters. The average molecular weight is 297 g/mol. The van der Waals surface area contributed by atoms with Crippen LogP contribution in [-0.4, -0.2) is 26.6 Å². The Hall–Kier alpha value is -1.63. The number of ether oxygens (including phenoxy) is 1.